The Bertz CT molecular complexity index is 288. The first kappa shape index (κ1) is 12.6. The molecule has 0 aromatic heterocycles. The maximum Gasteiger partial charge on any atom is 0.237 e. The van der Waals surface area contributed by atoms with E-state index in [1.54, 1.807) is 0 Å². The lowest BCUT2D eigenvalue weighted by molar-refractivity contribution is -0.124. The molecule has 1 amide bonds. The van der Waals surface area contributed by atoms with Gasteiger partial charge in [0.2, 0.25) is 5.91 Å². The fourth-order valence-electron chi connectivity index (χ4n) is 2.72. The molecular formula is C14H24N2O. The van der Waals surface area contributed by atoms with E-state index in [0.717, 1.165) is 25.9 Å². The smallest absolute Gasteiger partial charge is 0.237 e. The molecule has 1 saturated heterocycles. The first-order valence-electron chi connectivity index (χ1n) is 6.92. The number of carbonyl (C=O) groups excluding carboxylic acids is 1. The molecule has 17 heavy (non-hydrogen) atoms. The number of nitrogens with one attached hydrogen (secondary N) is 2. The van der Waals surface area contributed by atoms with Crippen molar-refractivity contribution < 1.29 is 4.79 Å². The Labute approximate surface area is 104 Å². The lowest BCUT2D eigenvalue weighted by Crippen LogP contribution is -2.49. The minimum Gasteiger partial charge on any atom is -0.354 e. The highest BCUT2D eigenvalue weighted by molar-refractivity contribution is 5.81. The summed E-state index contributed by atoms with van der Waals surface area (Å²) in [6.45, 7) is 4.05. The van der Waals surface area contributed by atoms with Crippen molar-refractivity contribution in [2.75, 3.05) is 13.1 Å². The standard InChI is InChI=1S/C14H24N2O/c1-11-7-8-15-13(9-11)14(17)16-10-12-5-3-2-4-6-12/h2-3,11-13,15H,4-10H2,1H3,(H,16,17). The molecule has 1 heterocycles. The average molecular weight is 236 g/mol. The topological polar surface area (TPSA) is 41.1 Å². The molecule has 2 aliphatic rings. The largest absolute Gasteiger partial charge is 0.354 e. The summed E-state index contributed by atoms with van der Waals surface area (Å²) in [5.41, 5.74) is 0. The molecule has 0 saturated carbocycles. The fourth-order valence-corrected chi connectivity index (χ4v) is 2.72. The first-order chi connectivity index (χ1) is 8.25. The van der Waals surface area contributed by atoms with Crippen molar-refractivity contribution >= 4 is 5.91 Å². The molecule has 3 atom stereocenters. The maximum atomic E-state index is 12.0. The lowest BCUT2D eigenvalue weighted by Gasteiger charge is -2.28. The van der Waals surface area contributed by atoms with Gasteiger partial charge >= 0.3 is 0 Å². The van der Waals surface area contributed by atoms with Gasteiger partial charge in [-0.05, 0) is 50.5 Å². The Kier molecular flexibility index (Phi) is 4.60. The van der Waals surface area contributed by atoms with E-state index >= 15 is 0 Å². The Hall–Kier alpha value is -0.830. The Morgan fingerprint density at radius 2 is 2.29 bits per heavy atom. The minimum absolute atomic E-state index is 0.0397. The zero-order valence-electron chi connectivity index (χ0n) is 10.7. The Morgan fingerprint density at radius 1 is 1.41 bits per heavy atom. The summed E-state index contributed by atoms with van der Waals surface area (Å²) in [5, 5.41) is 6.42. The van der Waals surface area contributed by atoms with Gasteiger partial charge in [0, 0.05) is 6.54 Å². The van der Waals surface area contributed by atoms with Crippen molar-refractivity contribution in [1.82, 2.24) is 10.6 Å². The van der Waals surface area contributed by atoms with Crippen LogP contribution in [0.3, 0.4) is 0 Å². The van der Waals surface area contributed by atoms with Crippen LogP contribution in [-0.4, -0.2) is 25.0 Å². The van der Waals surface area contributed by atoms with Crippen LogP contribution in [-0.2, 0) is 4.79 Å². The van der Waals surface area contributed by atoms with Crippen molar-refractivity contribution in [3.05, 3.63) is 12.2 Å². The lowest BCUT2D eigenvalue weighted by atomic mass is 9.92. The van der Waals surface area contributed by atoms with Gasteiger partial charge in [0.05, 0.1) is 6.04 Å². The second-order valence-corrected chi connectivity index (χ2v) is 5.53. The number of rotatable bonds is 3. The quantitative estimate of drug-likeness (QED) is 0.734. The third-order valence-corrected chi connectivity index (χ3v) is 3.93. The van der Waals surface area contributed by atoms with Crippen LogP contribution in [0.5, 0.6) is 0 Å². The predicted molar refractivity (Wildman–Crippen MR) is 69.7 cm³/mol. The van der Waals surface area contributed by atoms with Crippen molar-refractivity contribution in [3.63, 3.8) is 0 Å². The second-order valence-electron chi connectivity index (χ2n) is 5.53. The van der Waals surface area contributed by atoms with E-state index in [1.165, 1.54) is 19.3 Å². The molecule has 1 aliphatic carbocycles. The van der Waals surface area contributed by atoms with Crippen LogP contribution in [0.25, 0.3) is 0 Å². The Morgan fingerprint density at radius 3 is 3.00 bits per heavy atom. The zero-order chi connectivity index (χ0) is 12.1. The molecule has 2 rings (SSSR count). The van der Waals surface area contributed by atoms with E-state index in [1.807, 2.05) is 0 Å². The van der Waals surface area contributed by atoms with Crippen LogP contribution in [0.4, 0.5) is 0 Å². The summed E-state index contributed by atoms with van der Waals surface area (Å²) in [7, 11) is 0. The molecule has 1 fully saturated rings. The summed E-state index contributed by atoms with van der Waals surface area (Å²) in [5.74, 6) is 1.51. The molecule has 0 aromatic rings. The van der Waals surface area contributed by atoms with Crippen LogP contribution in [0.15, 0.2) is 12.2 Å². The summed E-state index contributed by atoms with van der Waals surface area (Å²) in [6.07, 6.45) is 10.1. The SMILES string of the molecule is CC1CCNC(C(=O)NCC2CC=CCC2)C1. The molecule has 0 aromatic carbocycles. The maximum absolute atomic E-state index is 12.0. The van der Waals surface area contributed by atoms with Gasteiger partial charge in [-0.25, -0.2) is 0 Å². The number of carbonyl (C=O) groups is 1. The fraction of sp³-hybridized carbons (Fsp3) is 0.786. The van der Waals surface area contributed by atoms with E-state index in [0.29, 0.717) is 11.8 Å². The van der Waals surface area contributed by atoms with Gasteiger partial charge in [0.25, 0.3) is 0 Å². The van der Waals surface area contributed by atoms with Gasteiger partial charge < -0.3 is 10.6 Å². The molecule has 3 unspecified atom stereocenters. The molecule has 0 spiro atoms. The minimum atomic E-state index is 0.0397. The normalized spacial score (nSPS) is 33.4. The highest BCUT2D eigenvalue weighted by atomic mass is 16.2. The van der Waals surface area contributed by atoms with Crippen molar-refractivity contribution in [2.24, 2.45) is 11.8 Å². The third kappa shape index (κ3) is 3.84. The van der Waals surface area contributed by atoms with Gasteiger partial charge in [-0.15, -0.1) is 0 Å². The number of amides is 1. The summed E-state index contributed by atoms with van der Waals surface area (Å²) in [6, 6.07) is 0.0397. The van der Waals surface area contributed by atoms with Crippen molar-refractivity contribution in [1.29, 1.82) is 0 Å². The second kappa shape index (κ2) is 6.20. The van der Waals surface area contributed by atoms with E-state index in [4.69, 9.17) is 0 Å². The molecule has 0 radical (unpaired) electrons. The van der Waals surface area contributed by atoms with Crippen molar-refractivity contribution in [3.8, 4) is 0 Å². The van der Waals surface area contributed by atoms with E-state index in [9.17, 15) is 4.79 Å². The van der Waals surface area contributed by atoms with E-state index < -0.39 is 0 Å². The summed E-state index contributed by atoms with van der Waals surface area (Å²) in [4.78, 5) is 12.0. The van der Waals surface area contributed by atoms with Crippen LogP contribution in [0.2, 0.25) is 0 Å². The number of piperidine rings is 1. The van der Waals surface area contributed by atoms with Gasteiger partial charge in [-0.2, -0.15) is 0 Å². The zero-order valence-corrected chi connectivity index (χ0v) is 10.7. The van der Waals surface area contributed by atoms with Crippen LogP contribution in [0, 0.1) is 11.8 Å². The number of hydrogen-bond acceptors (Lipinski definition) is 2. The highest BCUT2D eigenvalue weighted by Gasteiger charge is 2.24. The van der Waals surface area contributed by atoms with Gasteiger partial charge in [-0.3, -0.25) is 4.79 Å². The van der Waals surface area contributed by atoms with Gasteiger partial charge in [-0.1, -0.05) is 19.1 Å². The van der Waals surface area contributed by atoms with Crippen LogP contribution >= 0.6 is 0 Å². The van der Waals surface area contributed by atoms with E-state index in [2.05, 4.69) is 29.7 Å². The predicted octanol–water partition coefficient (Wildman–Crippen LogP) is 1.85. The van der Waals surface area contributed by atoms with Gasteiger partial charge in [0.1, 0.15) is 0 Å². The molecular weight excluding hydrogens is 212 g/mol. The third-order valence-electron chi connectivity index (χ3n) is 3.93. The highest BCUT2D eigenvalue weighted by Crippen LogP contribution is 2.18. The van der Waals surface area contributed by atoms with Crippen LogP contribution < -0.4 is 10.6 Å². The molecule has 0 bridgehead atoms. The summed E-state index contributed by atoms with van der Waals surface area (Å²) < 4.78 is 0. The molecule has 2 N–H and O–H groups in total. The monoisotopic (exact) mass is 236 g/mol. The molecule has 96 valence electrons. The Balaban J connectivity index is 1.71. The molecule has 3 heteroatoms. The molecule has 1 aliphatic heterocycles. The first-order valence-corrected chi connectivity index (χ1v) is 6.92. The van der Waals surface area contributed by atoms with E-state index in [-0.39, 0.29) is 11.9 Å². The number of allylic oxidation sites excluding steroid dienone is 2. The molecule has 3 nitrogen and oxygen atoms in total. The van der Waals surface area contributed by atoms with Crippen LogP contribution in [0.1, 0.15) is 39.0 Å². The van der Waals surface area contributed by atoms with Gasteiger partial charge in [0.15, 0.2) is 0 Å². The summed E-state index contributed by atoms with van der Waals surface area (Å²) >= 11 is 0. The number of hydrogen-bond donors (Lipinski definition) is 2. The average Bonchev–Trinajstić information content (AvgIpc) is 2.37. The van der Waals surface area contributed by atoms with Crippen molar-refractivity contribution in [2.45, 2.75) is 45.1 Å².